The topological polar surface area (TPSA) is 46.2 Å². The van der Waals surface area contributed by atoms with Gasteiger partial charge >= 0.3 is 0 Å². The van der Waals surface area contributed by atoms with Gasteiger partial charge in [0.1, 0.15) is 16.5 Å². The summed E-state index contributed by atoms with van der Waals surface area (Å²) in [4.78, 5) is -0.456. The number of sulfonamides is 1. The lowest BCUT2D eigenvalue weighted by Crippen LogP contribution is -2.55. The molecule has 0 amide bonds. The molecule has 4 fully saturated rings. The third-order valence-corrected chi connectivity index (χ3v) is 7.19. The van der Waals surface area contributed by atoms with E-state index in [9.17, 15) is 17.2 Å². The number of halogens is 2. The number of nitrogens with one attached hydrogen (secondary N) is 1. The normalized spacial score (nSPS) is 36.7. The lowest BCUT2D eigenvalue weighted by atomic mass is 9.54. The van der Waals surface area contributed by atoms with Gasteiger partial charge in [0, 0.05) is 12.1 Å². The molecule has 0 aromatic heterocycles. The molecule has 0 atom stereocenters. The first-order valence-corrected chi connectivity index (χ1v) is 9.38. The van der Waals surface area contributed by atoms with Crippen molar-refractivity contribution >= 4 is 10.0 Å². The van der Waals surface area contributed by atoms with Crippen molar-refractivity contribution in [2.24, 2.45) is 23.7 Å². The zero-order valence-corrected chi connectivity index (χ0v) is 13.0. The molecule has 4 aliphatic carbocycles. The van der Waals surface area contributed by atoms with E-state index < -0.39 is 26.6 Å². The van der Waals surface area contributed by atoms with Crippen LogP contribution >= 0.6 is 0 Å². The highest BCUT2D eigenvalue weighted by Crippen LogP contribution is 2.53. The first kappa shape index (κ1) is 14.6. The Morgan fingerprint density at radius 3 is 2.09 bits per heavy atom. The molecule has 3 nitrogen and oxygen atoms in total. The summed E-state index contributed by atoms with van der Waals surface area (Å²) in [6.45, 7) is 0. The van der Waals surface area contributed by atoms with Crippen LogP contribution in [-0.2, 0) is 10.0 Å². The Hall–Kier alpha value is -1.01. The molecular weight excluding hydrogens is 308 g/mol. The van der Waals surface area contributed by atoms with E-state index >= 15 is 0 Å². The van der Waals surface area contributed by atoms with Gasteiger partial charge in [-0.15, -0.1) is 0 Å². The second kappa shape index (κ2) is 4.99. The van der Waals surface area contributed by atoms with Crippen molar-refractivity contribution in [3.05, 3.63) is 29.8 Å². The Balaban J connectivity index is 1.60. The molecule has 6 heteroatoms. The van der Waals surface area contributed by atoms with Crippen LogP contribution in [0.5, 0.6) is 0 Å². The maximum Gasteiger partial charge on any atom is 0.243 e. The standard InChI is InChI=1S/C16H19F2NO2S/c17-13-1-2-15(14(18)8-13)22(20,21)19-16-11-4-9-3-10(6-11)7-12(16)5-9/h1-2,8-12,16,19H,3-7H2. The summed E-state index contributed by atoms with van der Waals surface area (Å²) in [5.41, 5.74) is 0. The molecule has 0 heterocycles. The quantitative estimate of drug-likeness (QED) is 0.927. The molecule has 1 aromatic carbocycles. The van der Waals surface area contributed by atoms with Crippen LogP contribution in [0.2, 0.25) is 0 Å². The van der Waals surface area contributed by atoms with Crippen LogP contribution in [0, 0.1) is 35.3 Å². The molecule has 0 aliphatic heterocycles. The van der Waals surface area contributed by atoms with Gasteiger partial charge in [0.2, 0.25) is 10.0 Å². The second-order valence-electron chi connectivity index (χ2n) is 7.15. The fourth-order valence-electron chi connectivity index (χ4n) is 5.05. The molecule has 4 bridgehead atoms. The van der Waals surface area contributed by atoms with Crippen molar-refractivity contribution in [1.29, 1.82) is 0 Å². The van der Waals surface area contributed by atoms with Gasteiger partial charge in [-0.2, -0.15) is 0 Å². The molecule has 1 aromatic rings. The van der Waals surface area contributed by atoms with E-state index in [-0.39, 0.29) is 6.04 Å². The Bertz CT molecular complexity index is 676. The van der Waals surface area contributed by atoms with Crippen molar-refractivity contribution in [2.75, 3.05) is 0 Å². The largest absolute Gasteiger partial charge is 0.243 e. The third kappa shape index (κ3) is 2.36. The smallest absolute Gasteiger partial charge is 0.207 e. The van der Waals surface area contributed by atoms with Crippen molar-refractivity contribution < 1.29 is 17.2 Å². The van der Waals surface area contributed by atoms with E-state index in [2.05, 4.69) is 4.72 Å². The van der Waals surface area contributed by atoms with Gasteiger partial charge in [0.05, 0.1) is 0 Å². The summed E-state index contributed by atoms with van der Waals surface area (Å²) in [6.07, 6.45) is 5.59. The third-order valence-electron chi connectivity index (χ3n) is 5.70. The highest BCUT2D eigenvalue weighted by atomic mass is 32.2. The van der Waals surface area contributed by atoms with Crippen molar-refractivity contribution in [1.82, 2.24) is 4.72 Å². The Morgan fingerprint density at radius 2 is 1.55 bits per heavy atom. The lowest BCUT2D eigenvalue weighted by molar-refractivity contribution is -0.00559. The summed E-state index contributed by atoms with van der Waals surface area (Å²) < 4.78 is 54.5. The molecule has 0 radical (unpaired) electrons. The van der Waals surface area contributed by atoms with Gasteiger partial charge in [-0.05, 0) is 67.9 Å². The van der Waals surface area contributed by atoms with Crippen LogP contribution in [0.15, 0.2) is 23.1 Å². The summed E-state index contributed by atoms with van der Waals surface area (Å²) in [5.74, 6) is 0.420. The number of hydrogen-bond acceptors (Lipinski definition) is 2. The van der Waals surface area contributed by atoms with E-state index in [1.165, 1.54) is 6.42 Å². The van der Waals surface area contributed by atoms with Crippen molar-refractivity contribution in [2.45, 2.75) is 43.0 Å². The minimum absolute atomic E-state index is 0.0951. The maximum atomic E-state index is 13.8. The molecule has 4 saturated carbocycles. The highest BCUT2D eigenvalue weighted by molar-refractivity contribution is 7.89. The van der Waals surface area contributed by atoms with Gasteiger partial charge in [-0.1, -0.05) is 0 Å². The predicted molar refractivity (Wildman–Crippen MR) is 77.5 cm³/mol. The highest BCUT2D eigenvalue weighted by Gasteiger charge is 2.49. The molecule has 0 unspecified atom stereocenters. The van der Waals surface area contributed by atoms with Gasteiger partial charge in [0.25, 0.3) is 0 Å². The number of benzene rings is 1. The second-order valence-corrected chi connectivity index (χ2v) is 8.83. The minimum Gasteiger partial charge on any atom is -0.207 e. The Labute approximate surface area is 129 Å². The number of hydrogen-bond donors (Lipinski definition) is 1. The van der Waals surface area contributed by atoms with E-state index in [1.54, 1.807) is 0 Å². The summed E-state index contributed by atoms with van der Waals surface area (Å²) in [5, 5.41) is 0. The zero-order valence-electron chi connectivity index (χ0n) is 12.1. The molecule has 4 aliphatic rings. The summed E-state index contributed by atoms with van der Waals surface area (Å²) >= 11 is 0. The molecule has 5 rings (SSSR count). The van der Waals surface area contributed by atoms with Gasteiger partial charge in [0.15, 0.2) is 0 Å². The average molecular weight is 327 g/mol. The Kier molecular flexibility index (Phi) is 3.31. The first-order chi connectivity index (χ1) is 10.4. The van der Waals surface area contributed by atoms with Crippen LogP contribution in [0.3, 0.4) is 0 Å². The summed E-state index contributed by atoms with van der Waals surface area (Å²) in [7, 11) is -3.94. The van der Waals surface area contributed by atoms with Crippen molar-refractivity contribution in [3.8, 4) is 0 Å². The van der Waals surface area contributed by atoms with Gasteiger partial charge in [-0.3, -0.25) is 0 Å². The van der Waals surface area contributed by atoms with E-state index in [0.29, 0.717) is 17.9 Å². The first-order valence-electron chi connectivity index (χ1n) is 7.90. The van der Waals surface area contributed by atoms with Crippen LogP contribution in [0.25, 0.3) is 0 Å². The SMILES string of the molecule is O=S(=O)(NC1C2CC3CC(C2)CC1C3)c1ccc(F)cc1F. The lowest BCUT2D eigenvalue weighted by Gasteiger charge is -2.54. The van der Waals surface area contributed by atoms with Crippen molar-refractivity contribution in [3.63, 3.8) is 0 Å². The monoisotopic (exact) mass is 327 g/mol. The van der Waals surface area contributed by atoms with Gasteiger partial charge < -0.3 is 0 Å². The maximum absolute atomic E-state index is 13.8. The molecule has 0 spiro atoms. The average Bonchev–Trinajstić information content (AvgIpc) is 2.41. The summed E-state index contributed by atoms with van der Waals surface area (Å²) in [6, 6.07) is 2.51. The number of rotatable bonds is 3. The molecule has 120 valence electrons. The van der Waals surface area contributed by atoms with Crippen LogP contribution in [0.1, 0.15) is 32.1 Å². The molecule has 1 N–H and O–H groups in total. The Morgan fingerprint density at radius 1 is 0.955 bits per heavy atom. The fraction of sp³-hybridized carbons (Fsp3) is 0.625. The minimum atomic E-state index is -3.94. The zero-order chi connectivity index (χ0) is 15.5. The fourth-order valence-corrected chi connectivity index (χ4v) is 6.49. The van der Waals surface area contributed by atoms with Crippen LogP contribution in [-0.4, -0.2) is 14.5 Å². The molecule has 0 saturated heterocycles. The van der Waals surface area contributed by atoms with E-state index in [0.717, 1.165) is 49.7 Å². The predicted octanol–water partition coefficient (Wildman–Crippen LogP) is 3.07. The van der Waals surface area contributed by atoms with Crippen LogP contribution < -0.4 is 4.72 Å². The van der Waals surface area contributed by atoms with Gasteiger partial charge in [-0.25, -0.2) is 21.9 Å². The van der Waals surface area contributed by atoms with E-state index in [1.807, 2.05) is 0 Å². The molecular formula is C16H19F2NO2S. The van der Waals surface area contributed by atoms with Crippen LogP contribution in [0.4, 0.5) is 8.78 Å². The molecule has 22 heavy (non-hydrogen) atoms. The van der Waals surface area contributed by atoms with E-state index in [4.69, 9.17) is 0 Å².